The normalized spacial score (nSPS) is 32.9. The lowest BCUT2D eigenvalue weighted by Gasteiger charge is -2.38. The molecule has 0 atom stereocenters. The van der Waals surface area contributed by atoms with Gasteiger partial charge in [-0.1, -0.05) is 58.3 Å². The SMILES string of the molecule is CCCC1CCC([C@H]2CC[C@H](CCCCC(F)(F)F)CC2)CC1. The van der Waals surface area contributed by atoms with Crippen molar-refractivity contribution in [3.8, 4) is 0 Å². The molecule has 0 N–H and O–H groups in total. The highest BCUT2D eigenvalue weighted by Crippen LogP contribution is 2.43. The highest BCUT2D eigenvalue weighted by Gasteiger charge is 2.31. The summed E-state index contributed by atoms with van der Waals surface area (Å²) in [7, 11) is 0. The van der Waals surface area contributed by atoms with E-state index in [9.17, 15) is 13.2 Å². The molecule has 0 saturated heterocycles. The van der Waals surface area contributed by atoms with Crippen molar-refractivity contribution in [1.82, 2.24) is 0 Å². The van der Waals surface area contributed by atoms with Crippen LogP contribution in [0.25, 0.3) is 0 Å². The van der Waals surface area contributed by atoms with Crippen LogP contribution >= 0.6 is 0 Å². The van der Waals surface area contributed by atoms with Gasteiger partial charge in [-0.15, -0.1) is 0 Å². The molecule has 136 valence electrons. The van der Waals surface area contributed by atoms with Crippen molar-refractivity contribution in [3.63, 3.8) is 0 Å². The van der Waals surface area contributed by atoms with Crippen LogP contribution in [0.5, 0.6) is 0 Å². The van der Waals surface area contributed by atoms with E-state index in [0.29, 0.717) is 12.3 Å². The molecule has 0 heterocycles. The quantitative estimate of drug-likeness (QED) is 0.423. The van der Waals surface area contributed by atoms with Crippen LogP contribution in [-0.2, 0) is 0 Å². The molecule has 0 aromatic heterocycles. The van der Waals surface area contributed by atoms with Gasteiger partial charge >= 0.3 is 6.18 Å². The van der Waals surface area contributed by atoms with Crippen LogP contribution in [0.1, 0.15) is 96.8 Å². The zero-order chi connectivity index (χ0) is 16.7. The average Bonchev–Trinajstić information content (AvgIpc) is 2.52. The lowest BCUT2D eigenvalue weighted by atomic mass is 9.68. The molecule has 0 amide bonds. The van der Waals surface area contributed by atoms with Gasteiger partial charge in [0.1, 0.15) is 0 Å². The largest absolute Gasteiger partial charge is 0.389 e. The molecule has 2 aliphatic rings. The fourth-order valence-electron chi connectivity index (χ4n) is 5.06. The highest BCUT2D eigenvalue weighted by molar-refractivity contribution is 4.82. The average molecular weight is 332 g/mol. The molecule has 0 nitrogen and oxygen atoms in total. The standard InChI is InChI=1S/C20H35F3/c1-2-5-16-7-11-18(12-8-16)19-13-9-17(10-14-19)6-3-4-15-20(21,22)23/h16-19H,2-15H2,1H3/t16?,17-,18?,19-. The van der Waals surface area contributed by atoms with E-state index < -0.39 is 12.6 Å². The van der Waals surface area contributed by atoms with Crippen LogP contribution in [-0.4, -0.2) is 6.18 Å². The van der Waals surface area contributed by atoms with Gasteiger partial charge in [0.2, 0.25) is 0 Å². The van der Waals surface area contributed by atoms with E-state index in [1.807, 2.05) is 0 Å². The first-order valence-electron chi connectivity index (χ1n) is 10.0. The summed E-state index contributed by atoms with van der Waals surface area (Å²) in [6.45, 7) is 2.29. The summed E-state index contributed by atoms with van der Waals surface area (Å²) in [5.74, 6) is 3.57. The van der Waals surface area contributed by atoms with Crippen molar-refractivity contribution in [2.24, 2.45) is 23.7 Å². The predicted molar refractivity (Wildman–Crippen MR) is 90.3 cm³/mol. The Morgan fingerprint density at radius 2 is 1.17 bits per heavy atom. The molecule has 23 heavy (non-hydrogen) atoms. The van der Waals surface area contributed by atoms with E-state index in [1.165, 1.54) is 64.2 Å². The van der Waals surface area contributed by atoms with Gasteiger partial charge in [-0.3, -0.25) is 0 Å². The molecule has 0 unspecified atom stereocenters. The maximum atomic E-state index is 12.2. The van der Waals surface area contributed by atoms with Crippen LogP contribution in [0, 0.1) is 23.7 Å². The molecular formula is C20H35F3. The van der Waals surface area contributed by atoms with E-state index in [2.05, 4.69) is 6.92 Å². The molecule has 2 rings (SSSR count). The molecule has 0 bridgehead atoms. The summed E-state index contributed by atoms with van der Waals surface area (Å²) < 4.78 is 36.5. The Morgan fingerprint density at radius 3 is 1.61 bits per heavy atom. The third-order valence-electron chi connectivity index (χ3n) is 6.47. The lowest BCUT2D eigenvalue weighted by Crippen LogP contribution is -2.25. The summed E-state index contributed by atoms with van der Waals surface area (Å²) in [4.78, 5) is 0. The monoisotopic (exact) mass is 332 g/mol. The Kier molecular flexibility index (Phi) is 7.75. The van der Waals surface area contributed by atoms with Gasteiger partial charge in [0.25, 0.3) is 0 Å². The number of unbranched alkanes of at least 4 members (excludes halogenated alkanes) is 1. The van der Waals surface area contributed by atoms with Gasteiger partial charge in [0.15, 0.2) is 0 Å². The summed E-state index contributed by atoms with van der Waals surface area (Å²) in [5.41, 5.74) is 0. The minimum absolute atomic E-state index is 0.324. The molecule has 0 aliphatic heterocycles. The molecule has 2 aliphatic carbocycles. The van der Waals surface area contributed by atoms with Gasteiger partial charge in [-0.2, -0.15) is 13.2 Å². The van der Waals surface area contributed by atoms with E-state index in [-0.39, 0.29) is 0 Å². The smallest absolute Gasteiger partial charge is 0.171 e. The van der Waals surface area contributed by atoms with Crippen molar-refractivity contribution in [2.45, 2.75) is 103 Å². The van der Waals surface area contributed by atoms with E-state index in [1.54, 1.807) is 0 Å². The molecule has 3 heteroatoms. The molecule has 0 radical (unpaired) electrons. The number of halogens is 3. The number of hydrogen-bond acceptors (Lipinski definition) is 0. The summed E-state index contributed by atoms with van der Waals surface area (Å²) in [6, 6.07) is 0. The Balaban J connectivity index is 1.57. The third kappa shape index (κ3) is 7.05. The zero-order valence-electron chi connectivity index (χ0n) is 14.8. The van der Waals surface area contributed by atoms with Gasteiger partial charge in [0, 0.05) is 6.42 Å². The van der Waals surface area contributed by atoms with Gasteiger partial charge in [0.05, 0.1) is 0 Å². The second-order valence-electron chi connectivity index (χ2n) is 8.21. The summed E-state index contributed by atoms with van der Waals surface area (Å²) in [6.07, 6.45) is 11.3. The second-order valence-corrected chi connectivity index (χ2v) is 8.21. The molecule has 2 fully saturated rings. The Morgan fingerprint density at radius 1 is 0.696 bits per heavy atom. The lowest BCUT2D eigenvalue weighted by molar-refractivity contribution is -0.135. The van der Waals surface area contributed by atoms with E-state index >= 15 is 0 Å². The molecule has 0 aromatic rings. The van der Waals surface area contributed by atoms with Crippen molar-refractivity contribution >= 4 is 0 Å². The first kappa shape index (κ1) is 19.1. The van der Waals surface area contributed by atoms with Crippen molar-refractivity contribution in [1.29, 1.82) is 0 Å². The number of alkyl halides is 3. The maximum absolute atomic E-state index is 12.2. The van der Waals surface area contributed by atoms with Gasteiger partial charge in [-0.05, 0) is 55.8 Å². The second kappa shape index (κ2) is 9.32. The van der Waals surface area contributed by atoms with Crippen molar-refractivity contribution < 1.29 is 13.2 Å². The minimum Gasteiger partial charge on any atom is -0.171 e. The highest BCUT2D eigenvalue weighted by atomic mass is 19.4. The summed E-state index contributed by atoms with van der Waals surface area (Å²) >= 11 is 0. The fourth-order valence-corrected chi connectivity index (χ4v) is 5.06. The van der Waals surface area contributed by atoms with Gasteiger partial charge < -0.3 is 0 Å². The van der Waals surface area contributed by atoms with Crippen molar-refractivity contribution in [3.05, 3.63) is 0 Å². The number of hydrogen-bond donors (Lipinski definition) is 0. The minimum atomic E-state index is -3.96. The number of rotatable bonds is 7. The van der Waals surface area contributed by atoms with E-state index in [4.69, 9.17) is 0 Å². The Labute approximate surface area is 140 Å². The van der Waals surface area contributed by atoms with Crippen LogP contribution in [0.15, 0.2) is 0 Å². The summed E-state index contributed by atoms with van der Waals surface area (Å²) in [5, 5.41) is 0. The van der Waals surface area contributed by atoms with Gasteiger partial charge in [-0.25, -0.2) is 0 Å². The third-order valence-corrected chi connectivity index (χ3v) is 6.47. The molecule has 0 aromatic carbocycles. The van der Waals surface area contributed by atoms with Crippen LogP contribution < -0.4 is 0 Å². The first-order valence-corrected chi connectivity index (χ1v) is 10.0. The van der Waals surface area contributed by atoms with Crippen LogP contribution in [0.2, 0.25) is 0 Å². The zero-order valence-corrected chi connectivity index (χ0v) is 14.8. The maximum Gasteiger partial charge on any atom is 0.389 e. The first-order chi connectivity index (χ1) is 11.0. The van der Waals surface area contributed by atoms with E-state index in [0.717, 1.165) is 30.6 Å². The van der Waals surface area contributed by atoms with Crippen molar-refractivity contribution in [2.75, 3.05) is 0 Å². The Bertz CT molecular complexity index is 307. The molecule has 0 spiro atoms. The Hall–Kier alpha value is -0.210. The van der Waals surface area contributed by atoms with Crippen LogP contribution in [0.4, 0.5) is 13.2 Å². The molecule has 2 saturated carbocycles. The molecular weight excluding hydrogens is 297 g/mol. The fraction of sp³-hybridized carbons (Fsp3) is 1.00. The predicted octanol–water partition coefficient (Wildman–Crippen LogP) is 7.52. The topological polar surface area (TPSA) is 0 Å². The van der Waals surface area contributed by atoms with Crippen LogP contribution in [0.3, 0.4) is 0 Å².